The standard InChI is InChI=1S/C24H19FN2O3/c25-20-10-6-19(7-11-20)16-30-21-12-8-17(9-13-21)14-22-23(28)27(24(29)26-22)15-18-4-2-1-3-5-18/h1-13H,14-16H2. The Hall–Kier alpha value is -3.80. The van der Waals surface area contributed by atoms with E-state index in [0.29, 0.717) is 12.4 Å². The first-order valence-corrected chi connectivity index (χ1v) is 9.52. The highest BCUT2D eigenvalue weighted by molar-refractivity contribution is 6.46. The molecule has 3 aromatic carbocycles. The van der Waals surface area contributed by atoms with E-state index in [1.807, 2.05) is 42.5 Å². The topological polar surface area (TPSA) is 59.0 Å². The summed E-state index contributed by atoms with van der Waals surface area (Å²) in [6.07, 6.45) is 0.272. The van der Waals surface area contributed by atoms with E-state index in [2.05, 4.69) is 4.99 Å². The van der Waals surface area contributed by atoms with Gasteiger partial charge in [0, 0.05) is 6.42 Å². The Labute approximate surface area is 173 Å². The molecule has 0 N–H and O–H groups in total. The van der Waals surface area contributed by atoms with Crippen molar-refractivity contribution in [3.05, 3.63) is 101 Å². The highest BCUT2D eigenvalue weighted by Crippen LogP contribution is 2.18. The van der Waals surface area contributed by atoms with E-state index in [-0.39, 0.29) is 30.4 Å². The number of urea groups is 1. The minimum absolute atomic E-state index is 0.210. The molecule has 0 spiro atoms. The Morgan fingerprint density at radius 2 is 1.47 bits per heavy atom. The van der Waals surface area contributed by atoms with Crippen LogP contribution in [-0.4, -0.2) is 22.5 Å². The van der Waals surface area contributed by atoms with Crippen LogP contribution in [0, 0.1) is 5.82 Å². The van der Waals surface area contributed by atoms with E-state index in [1.54, 1.807) is 24.3 Å². The largest absolute Gasteiger partial charge is 0.489 e. The summed E-state index contributed by atoms with van der Waals surface area (Å²) in [5.74, 6) is 0.0123. The van der Waals surface area contributed by atoms with Crippen LogP contribution in [0.3, 0.4) is 0 Å². The zero-order chi connectivity index (χ0) is 20.9. The fourth-order valence-electron chi connectivity index (χ4n) is 3.13. The molecule has 0 atom stereocenters. The van der Waals surface area contributed by atoms with E-state index in [9.17, 15) is 14.0 Å². The minimum Gasteiger partial charge on any atom is -0.489 e. The average molecular weight is 402 g/mol. The van der Waals surface area contributed by atoms with Crippen molar-refractivity contribution in [2.24, 2.45) is 4.99 Å². The molecule has 30 heavy (non-hydrogen) atoms. The summed E-state index contributed by atoms with van der Waals surface area (Å²) in [6.45, 7) is 0.537. The lowest BCUT2D eigenvalue weighted by Crippen LogP contribution is -2.32. The molecule has 150 valence electrons. The van der Waals surface area contributed by atoms with Gasteiger partial charge in [0.25, 0.3) is 5.91 Å². The molecule has 4 rings (SSSR count). The van der Waals surface area contributed by atoms with E-state index < -0.39 is 6.03 Å². The van der Waals surface area contributed by atoms with Crippen LogP contribution in [0.2, 0.25) is 0 Å². The molecule has 0 aliphatic carbocycles. The first-order chi connectivity index (χ1) is 14.6. The third-order valence-corrected chi connectivity index (χ3v) is 4.75. The van der Waals surface area contributed by atoms with Gasteiger partial charge in [-0.15, -0.1) is 0 Å². The molecular formula is C24H19FN2O3. The number of halogens is 1. The molecule has 5 nitrogen and oxygen atoms in total. The van der Waals surface area contributed by atoms with Crippen LogP contribution >= 0.6 is 0 Å². The van der Waals surface area contributed by atoms with Gasteiger partial charge in [-0.1, -0.05) is 54.6 Å². The van der Waals surface area contributed by atoms with Crippen molar-refractivity contribution in [2.45, 2.75) is 19.6 Å². The predicted molar refractivity (Wildman–Crippen MR) is 111 cm³/mol. The van der Waals surface area contributed by atoms with Crippen molar-refractivity contribution < 1.29 is 18.7 Å². The van der Waals surface area contributed by atoms with E-state index in [0.717, 1.165) is 21.6 Å². The third kappa shape index (κ3) is 4.60. The summed E-state index contributed by atoms with van der Waals surface area (Å²) in [4.78, 5) is 29.9. The van der Waals surface area contributed by atoms with Gasteiger partial charge in [0.2, 0.25) is 0 Å². The summed E-state index contributed by atoms with van der Waals surface area (Å²) in [5, 5.41) is 0. The molecule has 1 aliphatic heterocycles. The number of carbonyl (C=O) groups excluding carboxylic acids is 2. The molecular weight excluding hydrogens is 383 g/mol. The van der Waals surface area contributed by atoms with Gasteiger partial charge >= 0.3 is 6.03 Å². The van der Waals surface area contributed by atoms with Crippen LogP contribution in [0.5, 0.6) is 5.75 Å². The fraction of sp³-hybridized carbons (Fsp3) is 0.125. The zero-order valence-electron chi connectivity index (χ0n) is 16.1. The second kappa shape index (κ2) is 8.69. The van der Waals surface area contributed by atoms with Crippen LogP contribution in [0.4, 0.5) is 9.18 Å². The summed E-state index contributed by atoms with van der Waals surface area (Å²) < 4.78 is 18.6. The van der Waals surface area contributed by atoms with Crippen LogP contribution in [0.1, 0.15) is 16.7 Å². The molecule has 3 aromatic rings. The number of hydrogen-bond donors (Lipinski definition) is 0. The van der Waals surface area contributed by atoms with Gasteiger partial charge in [-0.3, -0.25) is 9.69 Å². The number of hydrogen-bond acceptors (Lipinski definition) is 3. The van der Waals surface area contributed by atoms with Crippen LogP contribution in [0.25, 0.3) is 0 Å². The van der Waals surface area contributed by atoms with Gasteiger partial charge in [-0.05, 0) is 41.0 Å². The highest BCUT2D eigenvalue weighted by atomic mass is 19.1. The molecule has 3 amide bonds. The highest BCUT2D eigenvalue weighted by Gasteiger charge is 2.32. The first-order valence-electron chi connectivity index (χ1n) is 9.52. The number of amides is 3. The maximum atomic E-state index is 12.9. The summed E-state index contributed by atoms with van der Waals surface area (Å²) >= 11 is 0. The van der Waals surface area contributed by atoms with E-state index >= 15 is 0 Å². The first kappa shape index (κ1) is 19.5. The molecule has 1 heterocycles. The average Bonchev–Trinajstić information content (AvgIpc) is 3.02. The second-order valence-corrected chi connectivity index (χ2v) is 6.95. The van der Waals surface area contributed by atoms with Crippen molar-refractivity contribution >= 4 is 17.6 Å². The number of imide groups is 1. The number of carbonyl (C=O) groups is 2. The van der Waals surface area contributed by atoms with Gasteiger partial charge in [0.05, 0.1) is 6.54 Å². The summed E-state index contributed by atoms with van der Waals surface area (Å²) in [7, 11) is 0. The van der Waals surface area contributed by atoms with Crippen molar-refractivity contribution in [1.82, 2.24) is 4.90 Å². The van der Waals surface area contributed by atoms with Crippen molar-refractivity contribution in [1.29, 1.82) is 0 Å². The van der Waals surface area contributed by atoms with Crippen molar-refractivity contribution in [3.63, 3.8) is 0 Å². The number of benzene rings is 3. The number of rotatable bonds is 7. The Kier molecular flexibility index (Phi) is 5.66. The summed E-state index contributed by atoms with van der Waals surface area (Å²) in [6, 6.07) is 22.2. The molecule has 0 radical (unpaired) electrons. The van der Waals surface area contributed by atoms with Crippen LogP contribution in [0.15, 0.2) is 83.9 Å². The van der Waals surface area contributed by atoms with Crippen LogP contribution in [-0.2, 0) is 24.4 Å². The quantitative estimate of drug-likeness (QED) is 0.583. The van der Waals surface area contributed by atoms with Gasteiger partial charge in [0.15, 0.2) is 0 Å². The lowest BCUT2D eigenvalue weighted by Gasteiger charge is -2.13. The smallest absolute Gasteiger partial charge is 0.351 e. The molecule has 6 heteroatoms. The van der Waals surface area contributed by atoms with Gasteiger partial charge in [-0.2, -0.15) is 4.99 Å². The Balaban J connectivity index is 1.35. The molecule has 0 aromatic heterocycles. The molecule has 0 unspecified atom stereocenters. The number of nitrogens with zero attached hydrogens (tertiary/aromatic N) is 2. The van der Waals surface area contributed by atoms with Crippen LogP contribution < -0.4 is 4.74 Å². The fourth-order valence-corrected chi connectivity index (χ4v) is 3.13. The predicted octanol–water partition coefficient (Wildman–Crippen LogP) is 4.55. The molecule has 0 bridgehead atoms. The maximum absolute atomic E-state index is 12.9. The number of ether oxygens (including phenoxy) is 1. The van der Waals surface area contributed by atoms with Gasteiger partial charge in [-0.25, -0.2) is 9.18 Å². The molecule has 0 saturated heterocycles. The maximum Gasteiger partial charge on any atom is 0.351 e. The van der Waals surface area contributed by atoms with Gasteiger partial charge in [0.1, 0.15) is 23.9 Å². The van der Waals surface area contributed by atoms with Crippen molar-refractivity contribution in [2.75, 3.05) is 0 Å². The minimum atomic E-state index is -0.530. The second-order valence-electron chi connectivity index (χ2n) is 6.95. The molecule has 0 saturated carbocycles. The Morgan fingerprint density at radius 1 is 0.800 bits per heavy atom. The normalized spacial score (nSPS) is 13.5. The number of aliphatic imine (C=N–C) groups is 1. The lowest BCUT2D eigenvalue weighted by molar-refractivity contribution is -0.121. The third-order valence-electron chi connectivity index (χ3n) is 4.75. The van der Waals surface area contributed by atoms with Crippen molar-refractivity contribution in [3.8, 4) is 5.75 Å². The Morgan fingerprint density at radius 3 is 2.17 bits per heavy atom. The van der Waals surface area contributed by atoms with Gasteiger partial charge < -0.3 is 4.74 Å². The Bertz CT molecular complexity index is 1080. The summed E-state index contributed by atoms with van der Waals surface area (Å²) in [5.41, 5.74) is 2.82. The molecule has 1 aliphatic rings. The molecule has 0 fully saturated rings. The lowest BCUT2D eigenvalue weighted by atomic mass is 10.1. The van der Waals surface area contributed by atoms with E-state index in [4.69, 9.17) is 4.74 Å². The SMILES string of the molecule is O=C1N=C(Cc2ccc(OCc3ccc(F)cc3)cc2)C(=O)N1Cc1ccccc1. The van der Waals surface area contributed by atoms with E-state index in [1.165, 1.54) is 12.1 Å². The zero-order valence-corrected chi connectivity index (χ0v) is 16.1. The monoisotopic (exact) mass is 402 g/mol.